The lowest BCUT2D eigenvalue weighted by atomic mass is 10.0. The predicted octanol–water partition coefficient (Wildman–Crippen LogP) is 2.65. The minimum Gasteiger partial charge on any atom is -0.494 e. The summed E-state index contributed by atoms with van der Waals surface area (Å²) in [7, 11) is 3.26. The van der Waals surface area contributed by atoms with Gasteiger partial charge in [-0.05, 0) is 19.9 Å². The maximum atomic E-state index is 11.5. The van der Waals surface area contributed by atoms with Gasteiger partial charge in [0.2, 0.25) is 0 Å². The van der Waals surface area contributed by atoms with E-state index in [-0.39, 0.29) is 16.3 Å². The molecule has 0 saturated heterocycles. The van der Waals surface area contributed by atoms with Crippen molar-refractivity contribution in [3.63, 3.8) is 0 Å². The highest BCUT2D eigenvalue weighted by atomic mass is 35.5. The van der Waals surface area contributed by atoms with Crippen LogP contribution in [0.5, 0.6) is 11.5 Å². The average molecular weight is 286 g/mol. The molecule has 0 radical (unpaired) electrons. The third-order valence-corrected chi connectivity index (χ3v) is 3.27. The summed E-state index contributed by atoms with van der Waals surface area (Å²) < 4.78 is 10.9. The molecular formula is C13H16ClNO4. The van der Waals surface area contributed by atoms with E-state index in [9.17, 15) is 9.90 Å². The first kappa shape index (κ1) is 13.8. The quantitative estimate of drug-likeness (QED) is 0.905. The van der Waals surface area contributed by atoms with Gasteiger partial charge in [-0.1, -0.05) is 11.6 Å². The molecule has 19 heavy (non-hydrogen) atoms. The molecule has 6 heteroatoms. The zero-order chi connectivity index (χ0) is 14.4. The molecule has 5 nitrogen and oxygen atoms in total. The summed E-state index contributed by atoms with van der Waals surface area (Å²) in [5.74, 6) is -0.701. The summed E-state index contributed by atoms with van der Waals surface area (Å²) in [5, 5.41) is 9.65. The number of halogens is 1. The van der Waals surface area contributed by atoms with E-state index in [4.69, 9.17) is 21.1 Å². The van der Waals surface area contributed by atoms with Gasteiger partial charge in [-0.25, -0.2) is 4.79 Å². The lowest BCUT2D eigenvalue weighted by molar-refractivity contribution is 0.0666. The third kappa shape index (κ3) is 2.30. The van der Waals surface area contributed by atoms with Crippen LogP contribution >= 0.6 is 11.6 Å². The fourth-order valence-corrected chi connectivity index (χ4v) is 2.62. The van der Waals surface area contributed by atoms with Gasteiger partial charge in [-0.3, -0.25) is 0 Å². The molecule has 0 aliphatic carbocycles. The Morgan fingerprint density at radius 1 is 1.58 bits per heavy atom. The first-order chi connectivity index (χ1) is 8.76. The van der Waals surface area contributed by atoms with Crippen molar-refractivity contribution < 1.29 is 19.4 Å². The maximum absolute atomic E-state index is 11.5. The number of hydrogen-bond donors (Lipinski definition) is 1. The first-order valence-electron chi connectivity index (χ1n) is 5.81. The zero-order valence-electron chi connectivity index (χ0n) is 11.3. The number of benzene rings is 1. The molecule has 2 rings (SSSR count). The molecule has 0 aromatic heterocycles. The number of nitrogens with zero attached hydrogens (tertiary/aromatic N) is 1. The van der Waals surface area contributed by atoms with Gasteiger partial charge >= 0.3 is 5.97 Å². The number of ether oxygens (including phenoxy) is 2. The summed E-state index contributed by atoms with van der Waals surface area (Å²) in [4.78, 5) is 13.4. The van der Waals surface area contributed by atoms with Gasteiger partial charge in [0, 0.05) is 7.05 Å². The summed E-state index contributed by atoms with van der Waals surface area (Å²) in [5.41, 5.74) is 0.136. The molecule has 0 amide bonds. The summed E-state index contributed by atoms with van der Waals surface area (Å²) in [6, 6.07) is 1.66. The number of fused-ring (bicyclic) bond motifs is 1. The molecular weight excluding hydrogens is 270 g/mol. The largest absolute Gasteiger partial charge is 0.494 e. The first-order valence-corrected chi connectivity index (χ1v) is 6.18. The number of aromatic carboxylic acids is 1. The third-order valence-electron chi connectivity index (χ3n) is 2.99. The van der Waals surface area contributed by atoms with Crippen LogP contribution in [0.3, 0.4) is 0 Å². The van der Waals surface area contributed by atoms with E-state index in [1.807, 2.05) is 25.8 Å². The Hall–Kier alpha value is -1.62. The van der Waals surface area contributed by atoms with E-state index < -0.39 is 11.6 Å². The topological polar surface area (TPSA) is 59.0 Å². The van der Waals surface area contributed by atoms with Crippen LogP contribution in [0, 0.1) is 0 Å². The lowest BCUT2D eigenvalue weighted by Gasteiger charge is -2.39. The van der Waals surface area contributed by atoms with E-state index in [0.29, 0.717) is 18.0 Å². The molecule has 0 saturated carbocycles. The van der Waals surface area contributed by atoms with E-state index in [2.05, 4.69) is 0 Å². The lowest BCUT2D eigenvalue weighted by Crippen LogP contribution is -2.45. The highest BCUT2D eigenvalue weighted by Crippen LogP contribution is 2.46. The number of carboxylic acids is 1. The predicted molar refractivity (Wildman–Crippen MR) is 72.9 cm³/mol. The van der Waals surface area contributed by atoms with E-state index in [1.54, 1.807) is 6.07 Å². The van der Waals surface area contributed by atoms with Gasteiger partial charge in [-0.2, -0.15) is 0 Å². The minimum atomic E-state index is -1.12. The molecule has 1 heterocycles. The number of carbonyl (C=O) groups is 1. The monoisotopic (exact) mass is 285 g/mol. The Balaban J connectivity index is 2.74. The average Bonchev–Trinajstić information content (AvgIpc) is 2.27. The molecule has 0 bridgehead atoms. The fourth-order valence-electron chi connectivity index (χ4n) is 2.35. The molecule has 0 unspecified atom stereocenters. The standard InChI is InChI=1S/C13H16ClNO4/c1-13(2)6-15(3)8-5-7(14)10(18-4)9(12(16)17)11(8)19-13/h5H,6H2,1-4H3,(H,16,17). The van der Waals surface area contributed by atoms with Gasteiger partial charge in [0.25, 0.3) is 0 Å². The Morgan fingerprint density at radius 2 is 2.21 bits per heavy atom. The van der Waals surface area contributed by atoms with Gasteiger partial charge in [0.15, 0.2) is 11.5 Å². The second-order valence-corrected chi connectivity index (χ2v) is 5.55. The molecule has 0 atom stereocenters. The molecule has 0 fully saturated rings. The Morgan fingerprint density at radius 3 is 2.74 bits per heavy atom. The van der Waals surface area contributed by atoms with Crippen molar-refractivity contribution in [3.8, 4) is 11.5 Å². The number of methoxy groups -OCH3 is 1. The van der Waals surface area contributed by atoms with Crippen molar-refractivity contribution in [2.75, 3.05) is 25.6 Å². The van der Waals surface area contributed by atoms with Crippen molar-refractivity contribution in [1.29, 1.82) is 0 Å². The van der Waals surface area contributed by atoms with Gasteiger partial charge in [-0.15, -0.1) is 0 Å². The van der Waals surface area contributed by atoms with Crippen molar-refractivity contribution in [3.05, 3.63) is 16.7 Å². The van der Waals surface area contributed by atoms with Crippen molar-refractivity contribution in [1.82, 2.24) is 0 Å². The van der Waals surface area contributed by atoms with Gasteiger partial charge in [0.1, 0.15) is 11.2 Å². The molecule has 1 aromatic carbocycles. The number of carboxylic acid groups (broad SMARTS) is 1. The molecule has 1 aliphatic rings. The molecule has 1 N–H and O–H groups in total. The number of anilines is 1. The number of likely N-dealkylation sites (N-methyl/N-ethyl adjacent to an activating group) is 1. The van der Waals surface area contributed by atoms with Crippen LogP contribution < -0.4 is 14.4 Å². The van der Waals surface area contributed by atoms with E-state index in [1.165, 1.54) is 7.11 Å². The van der Waals surface area contributed by atoms with Crippen LogP contribution in [0.2, 0.25) is 5.02 Å². The molecule has 1 aromatic rings. The Kier molecular flexibility index (Phi) is 3.26. The molecule has 1 aliphatic heterocycles. The van der Waals surface area contributed by atoms with E-state index >= 15 is 0 Å². The molecule has 104 valence electrons. The number of hydrogen-bond acceptors (Lipinski definition) is 4. The van der Waals surface area contributed by atoms with E-state index in [0.717, 1.165) is 0 Å². The van der Waals surface area contributed by atoms with Crippen molar-refractivity contribution >= 4 is 23.3 Å². The normalized spacial score (nSPS) is 16.6. The highest BCUT2D eigenvalue weighted by molar-refractivity contribution is 6.33. The summed E-state index contributed by atoms with van der Waals surface area (Å²) in [6.07, 6.45) is 0. The molecule has 0 spiro atoms. The Bertz CT molecular complexity index is 542. The van der Waals surface area contributed by atoms with Crippen LogP contribution in [0.4, 0.5) is 5.69 Å². The summed E-state index contributed by atoms with van der Waals surface area (Å²) in [6.45, 7) is 4.44. The minimum absolute atomic E-state index is 0.0374. The van der Waals surface area contributed by atoms with Crippen molar-refractivity contribution in [2.45, 2.75) is 19.4 Å². The van der Waals surface area contributed by atoms with Crippen LogP contribution in [0.15, 0.2) is 6.07 Å². The van der Waals surface area contributed by atoms with Crippen LogP contribution in [0.1, 0.15) is 24.2 Å². The smallest absolute Gasteiger partial charge is 0.343 e. The van der Waals surface area contributed by atoms with Gasteiger partial charge < -0.3 is 19.5 Å². The number of rotatable bonds is 2. The van der Waals surface area contributed by atoms with Crippen LogP contribution in [0.25, 0.3) is 0 Å². The second kappa shape index (κ2) is 4.49. The zero-order valence-corrected chi connectivity index (χ0v) is 12.0. The fraction of sp³-hybridized carbons (Fsp3) is 0.462. The van der Waals surface area contributed by atoms with Crippen LogP contribution in [-0.2, 0) is 0 Å². The van der Waals surface area contributed by atoms with Gasteiger partial charge in [0.05, 0.1) is 24.4 Å². The SMILES string of the molecule is COc1c(Cl)cc2c(c1C(=O)O)OC(C)(C)CN2C. The second-order valence-electron chi connectivity index (χ2n) is 5.14. The Labute approximate surface area is 116 Å². The highest BCUT2D eigenvalue weighted by Gasteiger charge is 2.35. The van der Waals surface area contributed by atoms with Crippen molar-refractivity contribution in [2.24, 2.45) is 0 Å². The summed E-state index contributed by atoms with van der Waals surface area (Å²) >= 11 is 6.08. The van der Waals surface area contributed by atoms with Crippen LogP contribution in [-0.4, -0.2) is 37.4 Å². The maximum Gasteiger partial charge on any atom is 0.343 e.